The predicted octanol–water partition coefficient (Wildman–Crippen LogP) is 3.45. The maximum Gasteiger partial charge on any atom is 0.314 e. The lowest BCUT2D eigenvalue weighted by Crippen LogP contribution is -2.42. The zero-order chi connectivity index (χ0) is 35.0. The van der Waals surface area contributed by atoms with Crippen molar-refractivity contribution in [3.05, 3.63) is 57.1 Å². The fraction of sp³-hybridized carbons (Fsp3) is 0.629. The molecular formula is C35H48FN5O8. The Hall–Kier alpha value is -3.72. The lowest BCUT2D eigenvalue weighted by Gasteiger charge is -2.32. The van der Waals surface area contributed by atoms with Gasteiger partial charge in [0.1, 0.15) is 12.4 Å². The molecule has 1 unspecified atom stereocenters. The number of hydrogen-bond donors (Lipinski definition) is 1. The van der Waals surface area contributed by atoms with Crippen molar-refractivity contribution in [2.45, 2.75) is 71.4 Å². The molecule has 1 atom stereocenters. The normalized spacial score (nSPS) is 17.3. The molecule has 0 saturated carbocycles. The molecule has 268 valence electrons. The second-order valence-corrected chi connectivity index (χ2v) is 13.4. The first-order valence-corrected chi connectivity index (χ1v) is 17.1. The number of hydrogen-bond acceptors (Lipinski definition) is 11. The van der Waals surface area contributed by atoms with Crippen molar-refractivity contribution in [3.63, 3.8) is 0 Å². The van der Waals surface area contributed by atoms with Gasteiger partial charge in [-0.3, -0.25) is 19.0 Å². The number of rotatable bonds is 16. The molecule has 1 saturated heterocycles. The average Bonchev–Trinajstić information content (AvgIpc) is 3.50. The zero-order valence-corrected chi connectivity index (χ0v) is 28.9. The van der Waals surface area contributed by atoms with E-state index in [1.54, 1.807) is 31.6 Å². The van der Waals surface area contributed by atoms with Gasteiger partial charge in [0.25, 0.3) is 5.56 Å². The zero-order valence-electron chi connectivity index (χ0n) is 28.9. The molecule has 2 aliphatic heterocycles. The molecule has 1 amide bonds. The average molecular weight is 686 g/mol. The summed E-state index contributed by atoms with van der Waals surface area (Å²) in [6, 6.07) is 4.54. The largest absolute Gasteiger partial charge is 0.454 e. The molecular weight excluding hydrogens is 637 g/mol. The van der Waals surface area contributed by atoms with Gasteiger partial charge in [-0.25, -0.2) is 9.37 Å². The molecule has 49 heavy (non-hydrogen) atoms. The summed E-state index contributed by atoms with van der Waals surface area (Å²) in [4.78, 5) is 46.3. The Bertz CT molecular complexity index is 1650. The molecule has 13 nitrogen and oxygen atoms in total. The van der Waals surface area contributed by atoms with Crippen LogP contribution in [0.25, 0.3) is 11.0 Å². The molecule has 4 heterocycles. The lowest BCUT2D eigenvalue weighted by atomic mass is 9.91. The fourth-order valence-corrected chi connectivity index (χ4v) is 6.33. The summed E-state index contributed by atoms with van der Waals surface area (Å²) in [6.45, 7) is 9.66. The van der Waals surface area contributed by atoms with Crippen LogP contribution < -0.4 is 10.9 Å². The minimum atomic E-state index is -1.01. The van der Waals surface area contributed by atoms with Crippen molar-refractivity contribution >= 4 is 22.8 Å². The Kier molecular flexibility index (Phi) is 12.5. The van der Waals surface area contributed by atoms with Crippen LogP contribution in [0.3, 0.4) is 0 Å². The van der Waals surface area contributed by atoms with E-state index in [2.05, 4.69) is 15.4 Å². The Morgan fingerprint density at radius 2 is 1.84 bits per heavy atom. The minimum Gasteiger partial charge on any atom is -0.454 e. The van der Waals surface area contributed by atoms with E-state index in [0.717, 1.165) is 43.6 Å². The molecule has 0 aliphatic carbocycles. The van der Waals surface area contributed by atoms with Gasteiger partial charge >= 0.3 is 5.97 Å². The van der Waals surface area contributed by atoms with Crippen molar-refractivity contribution in [1.82, 2.24) is 24.9 Å². The summed E-state index contributed by atoms with van der Waals surface area (Å²) in [5.74, 6) is -0.470. The van der Waals surface area contributed by atoms with Crippen molar-refractivity contribution in [2.24, 2.45) is 5.41 Å². The first-order chi connectivity index (χ1) is 23.6. The van der Waals surface area contributed by atoms with Gasteiger partial charge in [0, 0.05) is 55.4 Å². The number of nitrogens with one attached hydrogen (secondary N) is 1. The predicted molar refractivity (Wildman–Crippen MR) is 178 cm³/mol. The third-order valence-electron chi connectivity index (χ3n) is 9.32. The molecule has 5 rings (SSSR count). The number of fused-ring (bicyclic) bond motifs is 2. The van der Waals surface area contributed by atoms with Gasteiger partial charge in [-0.15, -0.1) is 0 Å². The quantitative estimate of drug-likeness (QED) is 0.175. The van der Waals surface area contributed by atoms with E-state index in [9.17, 15) is 18.8 Å². The minimum absolute atomic E-state index is 0.0652. The van der Waals surface area contributed by atoms with Gasteiger partial charge in [0.05, 0.1) is 37.5 Å². The van der Waals surface area contributed by atoms with Gasteiger partial charge in [-0.05, 0) is 78.1 Å². The van der Waals surface area contributed by atoms with Crippen LogP contribution >= 0.6 is 0 Å². The van der Waals surface area contributed by atoms with Crippen LogP contribution in [-0.4, -0.2) is 97.8 Å². The molecule has 0 bridgehead atoms. The van der Waals surface area contributed by atoms with E-state index in [4.69, 9.17) is 28.5 Å². The summed E-state index contributed by atoms with van der Waals surface area (Å²) in [5, 5.41) is 7.84. The number of benzene rings is 1. The molecule has 0 spiro atoms. The maximum atomic E-state index is 13.7. The number of likely N-dealkylation sites (tertiary alicyclic amines) is 1. The van der Waals surface area contributed by atoms with Crippen LogP contribution in [0.2, 0.25) is 0 Å². The lowest BCUT2D eigenvalue weighted by molar-refractivity contribution is -0.161. The topological polar surface area (TPSA) is 147 Å². The number of esters is 1. The second kappa shape index (κ2) is 16.8. The number of nitrogens with zero attached hydrogens (tertiary/aromatic N) is 4. The van der Waals surface area contributed by atoms with Crippen molar-refractivity contribution in [3.8, 4) is 0 Å². The van der Waals surface area contributed by atoms with Crippen LogP contribution in [0.5, 0.6) is 0 Å². The summed E-state index contributed by atoms with van der Waals surface area (Å²) in [6.07, 6.45) is 2.94. The Morgan fingerprint density at radius 3 is 2.61 bits per heavy atom. The summed E-state index contributed by atoms with van der Waals surface area (Å²) >= 11 is 0. The maximum absolute atomic E-state index is 13.7. The summed E-state index contributed by atoms with van der Waals surface area (Å²) < 4.78 is 42.1. The van der Waals surface area contributed by atoms with Gasteiger partial charge < -0.3 is 33.7 Å². The summed E-state index contributed by atoms with van der Waals surface area (Å²) in [5.41, 5.74) is 1.57. The second-order valence-electron chi connectivity index (χ2n) is 13.4. The monoisotopic (exact) mass is 685 g/mol. The van der Waals surface area contributed by atoms with Crippen molar-refractivity contribution < 1.29 is 37.5 Å². The highest BCUT2D eigenvalue weighted by atomic mass is 19.1. The number of ether oxygens (including phenoxy) is 4. The van der Waals surface area contributed by atoms with Crippen LogP contribution in [-0.2, 0) is 41.5 Å². The van der Waals surface area contributed by atoms with Gasteiger partial charge in [0.2, 0.25) is 5.91 Å². The Labute approximate surface area is 285 Å². The van der Waals surface area contributed by atoms with E-state index in [1.165, 1.54) is 12.1 Å². The SMILES string of the molecule is COCCOCCOCC(=O)NCC(C)(C)C(=O)OC1CCCn2c1nc(C)c(CCN1CCC(c3noc4cc(F)ccc34)CC1)c2=O. The summed E-state index contributed by atoms with van der Waals surface area (Å²) in [7, 11) is 1.59. The first kappa shape index (κ1) is 36.6. The van der Waals surface area contributed by atoms with Gasteiger partial charge in [0.15, 0.2) is 17.5 Å². The van der Waals surface area contributed by atoms with E-state index in [1.807, 2.05) is 6.92 Å². The van der Waals surface area contributed by atoms with E-state index < -0.39 is 17.5 Å². The first-order valence-electron chi connectivity index (χ1n) is 17.1. The highest BCUT2D eigenvalue weighted by Crippen LogP contribution is 2.33. The molecule has 1 aromatic carbocycles. The molecule has 1 fully saturated rings. The fourth-order valence-electron chi connectivity index (χ4n) is 6.33. The number of carbonyl (C=O) groups excluding carboxylic acids is 2. The van der Waals surface area contributed by atoms with Gasteiger partial charge in [-0.1, -0.05) is 5.16 Å². The van der Waals surface area contributed by atoms with Crippen LogP contribution in [0.4, 0.5) is 4.39 Å². The standard InChI is InChI=1S/C35H48FN5O8/c1-23-26(11-15-40-13-9-24(10-14-40)31-27-8-7-25(36)20-29(27)49-39-31)33(43)41-12-5-6-28(32(41)38-23)48-34(44)35(2,3)22-37-30(42)21-47-19-18-46-17-16-45-4/h7-8,20,24,28H,5-6,9-19,21-22H2,1-4H3,(H,37,42). The Balaban J connectivity index is 1.11. The van der Waals surface area contributed by atoms with Crippen LogP contribution in [0.15, 0.2) is 27.5 Å². The smallest absolute Gasteiger partial charge is 0.314 e. The molecule has 0 radical (unpaired) electrons. The van der Waals surface area contributed by atoms with E-state index >= 15 is 0 Å². The van der Waals surface area contributed by atoms with E-state index in [-0.39, 0.29) is 43.0 Å². The van der Waals surface area contributed by atoms with Crippen LogP contribution in [0.1, 0.15) is 74.3 Å². The number of carbonyl (C=O) groups is 2. The van der Waals surface area contributed by atoms with E-state index in [0.29, 0.717) is 68.3 Å². The molecule has 2 aliphatic rings. The van der Waals surface area contributed by atoms with Crippen LogP contribution in [0, 0.1) is 18.2 Å². The number of amides is 1. The highest BCUT2D eigenvalue weighted by Gasteiger charge is 2.35. The highest BCUT2D eigenvalue weighted by molar-refractivity contribution is 5.80. The number of aryl methyl sites for hydroxylation is 1. The number of aromatic nitrogens is 3. The number of piperidine rings is 1. The molecule has 14 heteroatoms. The molecule has 2 aromatic heterocycles. The number of methoxy groups -OCH3 is 1. The van der Waals surface area contributed by atoms with Gasteiger partial charge in [-0.2, -0.15) is 0 Å². The van der Waals surface area contributed by atoms with Crippen molar-refractivity contribution in [2.75, 3.05) is 66.3 Å². The Morgan fingerprint density at radius 1 is 1.08 bits per heavy atom. The molecule has 1 N–H and O–H groups in total. The van der Waals surface area contributed by atoms with Crippen molar-refractivity contribution in [1.29, 1.82) is 0 Å². The molecule has 3 aromatic rings. The third-order valence-corrected chi connectivity index (χ3v) is 9.32. The number of halogens is 1. The third kappa shape index (κ3) is 9.30.